The number of nitrogens with one attached hydrogen (secondary N) is 1. The van der Waals surface area contributed by atoms with Crippen LogP contribution in [0.3, 0.4) is 0 Å². The summed E-state index contributed by atoms with van der Waals surface area (Å²) in [4.78, 5) is 26.5. The van der Waals surface area contributed by atoms with Crippen molar-refractivity contribution in [1.82, 2.24) is 4.98 Å². The van der Waals surface area contributed by atoms with E-state index in [9.17, 15) is 14.7 Å². The lowest BCUT2D eigenvalue weighted by atomic mass is 9.87. The zero-order valence-corrected chi connectivity index (χ0v) is 10.6. The molecule has 0 bridgehead atoms. The van der Waals surface area contributed by atoms with Gasteiger partial charge in [0.2, 0.25) is 0 Å². The summed E-state index contributed by atoms with van der Waals surface area (Å²) in [5, 5.41) is 9.86. The molecule has 0 saturated heterocycles. The third kappa shape index (κ3) is 1.90. The third-order valence-electron chi connectivity index (χ3n) is 2.83. The number of carbonyl (C=O) groups is 2. The number of benzene rings is 1. The average Bonchev–Trinajstić information content (AvgIpc) is 2.65. The van der Waals surface area contributed by atoms with Gasteiger partial charge >= 0.3 is 5.97 Å². The molecule has 0 atom stereocenters. The van der Waals surface area contributed by atoms with Crippen LogP contribution in [-0.4, -0.2) is 21.8 Å². The monoisotopic (exact) mass is 245 g/mol. The Balaban J connectivity index is 2.75. The van der Waals surface area contributed by atoms with Crippen LogP contribution in [0, 0.1) is 5.41 Å². The van der Waals surface area contributed by atoms with E-state index in [1.165, 1.54) is 0 Å². The van der Waals surface area contributed by atoms with Gasteiger partial charge in [-0.3, -0.25) is 4.79 Å². The van der Waals surface area contributed by atoms with Crippen molar-refractivity contribution >= 4 is 22.7 Å². The third-order valence-corrected chi connectivity index (χ3v) is 2.83. The van der Waals surface area contributed by atoms with Gasteiger partial charge in [0, 0.05) is 16.3 Å². The topological polar surface area (TPSA) is 70.2 Å². The molecule has 0 aliphatic carbocycles. The van der Waals surface area contributed by atoms with Gasteiger partial charge in [0.1, 0.15) is 0 Å². The molecule has 1 aromatic heterocycles. The van der Waals surface area contributed by atoms with Crippen LogP contribution in [-0.2, 0) is 0 Å². The quantitative estimate of drug-likeness (QED) is 0.799. The molecule has 0 spiro atoms. The second-order valence-electron chi connectivity index (χ2n) is 5.30. The van der Waals surface area contributed by atoms with Crippen LogP contribution < -0.4 is 0 Å². The number of aromatic amines is 1. The number of aromatic nitrogens is 1. The lowest BCUT2D eigenvalue weighted by molar-refractivity contribution is 0.0689. The lowest BCUT2D eigenvalue weighted by Crippen LogP contribution is -2.22. The minimum absolute atomic E-state index is 0.0607. The summed E-state index contributed by atoms with van der Waals surface area (Å²) in [5.74, 6) is -1.28. The molecular weight excluding hydrogens is 230 g/mol. The number of carbonyl (C=O) groups excluding carboxylic acids is 1. The number of hydrogen-bond donors (Lipinski definition) is 2. The number of hydrogen-bond acceptors (Lipinski definition) is 2. The number of carboxylic acid groups (broad SMARTS) is 1. The van der Waals surface area contributed by atoms with E-state index in [1.54, 1.807) is 45.0 Å². The minimum Gasteiger partial charge on any atom is -0.478 e. The molecule has 0 amide bonds. The molecule has 2 aromatic rings. The zero-order chi connectivity index (χ0) is 13.5. The van der Waals surface area contributed by atoms with E-state index in [2.05, 4.69) is 4.98 Å². The highest BCUT2D eigenvalue weighted by atomic mass is 16.4. The molecular formula is C14H15NO3. The van der Waals surface area contributed by atoms with Crippen molar-refractivity contribution in [3.63, 3.8) is 0 Å². The van der Waals surface area contributed by atoms with E-state index >= 15 is 0 Å². The summed E-state index contributed by atoms with van der Waals surface area (Å²) in [6.45, 7) is 5.31. The van der Waals surface area contributed by atoms with Gasteiger partial charge in [-0.25, -0.2) is 4.79 Å². The Kier molecular flexibility index (Phi) is 2.73. The number of para-hydroxylation sites is 1. The zero-order valence-electron chi connectivity index (χ0n) is 10.6. The van der Waals surface area contributed by atoms with Crippen LogP contribution in [0.5, 0.6) is 0 Å². The molecule has 0 fully saturated rings. The Morgan fingerprint density at radius 2 is 1.78 bits per heavy atom. The average molecular weight is 245 g/mol. The highest BCUT2D eigenvalue weighted by Gasteiger charge is 2.30. The van der Waals surface area contributed by atoms with E-state index in [0.29, 0.717) is 10.9 Å². The molecule has 1 heterocycles. The smallest absolute Gasteiger partial charge is 0.338 e. The maximum Gasteiger partial charge on any atom is 0.338 e. The molecule has 0 unspecified atom stereocenters. The Bertz CT molecular complexity index is 632. The van der Waals surface area contributed by atoms with Crippen molar-refractivity contribution in [2.45, 2.75) is 20.8 Å². The number of aromatic carboxylic acids is 1. The summed E-state index contributed by atoms with van der Waals surface area (Å²) >= 11 is 0. The number of carboxylic acids is 1. The van der Waals surface area contributed by atoms with E-state index < -0.39 is 11.4 Å². The highest BCUT2D eigenvalue weighted by Crippen LogP contribution is 2.28. The fraction of sp³-hybridized carbons (Fsp3) is 0.286. The summed E-state index contributed by atoms with van der Waals surface area (Å²) in [7, 11) is 0. The van der Waals surface area contributed by atoms with E-state index in [0.717, 1.165) is 0 Å². The molecule has 0 aliphatic rings. The van der Waals surface area contributed by atoms with Crippen molar-refractivity contribution in [2.75, 3.05) is 0 Å². The maximum absolute atomic E-state index is 12.3. The highest BCUT2D eigenvalue weighted by molar-refractivity contribution is 6.14. The van der Waals surface area contributed by atoms with Crippen molar-refractivity contribution in [3.05, 3.63) is 35.5 Å². The number of ketones is 1. The van der Waals surface area contributed by atoms with Gasteiger partial charge in [-0.2, -0.15) is 0 Å². The van der Waals surface area contributed by atoms with E-state index in [1.807, 2.05) is 0 Å². The van der Waals surface area contributed by atoms with Crippen LogP contribution in [0.1, 0.15) is 41.6 Å². The first-order valence-electron chi connectivity index (χ1n) is 5.71. The van der Waals surface area contributed by atoms with Gasteiger partial charge in [-0.15, -0.1) is 0 Å². The Morgan fingerprint density at radius 1 is 1.17 bits per heavy atom. The Hall–Kier alpha value is -2.10. The molecule has 0 radical (unpaired) electrons. The normalized spacial score (nSPS) is 11.7. The van der Waals surface area contributed by atoms with Crippen LogP contribution >= 0.6 is 0 Å². The SMILES string of the molecule is CC(C)(C)C(=O)c1[nH]c2ccccc2c1C(=O)O. The molecule has 4 heteroatoms. The van der Waals surface area contributed by atoms with Crippen molar-refractivity contribution in [3.8, 4) is 0 Å². The van der Waals surface area contributed by atoms with Gasteiger partial charge in [-0.1, -0.05) is 39.0 Å². The number of rotatable bonds is 2. The Morgan fingerprint density at radius 3 is 2.33 bits per heavy atom. The maximum atomic E-state index is 12.3. The summed E-state index contributed by atoms with van der Waals surface area (Å²) in [6.07, 6.45) is 0. The van der Waals surface area contributed by atoms with Crippen molar-refractivity contribution in [2.24, 2.45) is 5.41 Å². The number of fused-ring (bicyclic) bond motifs is 1. The fourth-order valence-corrected chi connectivity index (χ4v) is 1.91. The van der Waals surface area contributed by atoms with Gasteiger partial charge in [0.05, 0.1) is 11.3 Å². The molecule has 2 N–H and O–H groups in total. The fourth-order valence-electron chi connectivity index (χ4n) is 1.91. The lowest BCUT2D eigenvalue weighted by Gasteiger charge is -2.15. The minimum atomic E-state index is -1.08. The molecule has 94 valence electrons. The van der Waals surface area contributed by atoms with Crippen molar-refractivity contribution < 1.29 is 14.7 Å². The molecule has 1 aromatic carbocycles. The summed E-state index contributed by atoms with van der Waals surface area (Å²) < 4.78 is 0. The Labute approximate surface area is 105 Å². The first-order valence-corrected chi connectivity index (χ1v) is 5.71. The van der Waals surface area contributed by atoms with Crippen molar-refractivity contribution in [1.29, 1.82) is 0 Å². The second kappa shape index (κ2) is 3.98. The van der Waals surface area contributed by atoms with Crippen LogP contribution in [0.4, 0.5) is 0 Å². The first-order chi connectivity index (χ1) is 8.32. The second-order valence-corrected chi connectivity index (χ2v) is 5.30. The predicted molar refractivity (Wildman–Crippen MR) is 69.0 cm³/mol. The molecule has 0 aliphatic heterocycles. The van der Waals surface area contributed by atoms with Crippen LogP contribution in [0.15, 0.2) is 24.3 Å². The number of Topliss-reactive ketones (excluding diaryl/α,β-unsaturated/α-hetero) is 1. The molecule has 2 rings (SSSR count). The van der Waals surface area contributed by atoms with Crippen LogP contribution in [0.25, 0.3) is 10.9 Å². The summed E-state index contributed by atoms with van der Waals surface area (Å²) in [5.41, 5.74) is 0.287. The molecule has 4 nitrogen and oxygen atoms in total. The van der Waals surface area contributed by atoms with Crippen LogP contribution in [0.2, 0.25) is 0 Å². The van der Waals surface area contributed by atoms with Gasteiger partial charge in [0.25, 0.3) is 0 Å². The largest absolute Gasteiger partial charge is 0.478 e. The van der Waals surface area contributed by atoms with Gasteiger partial charge < -0.3 is 10.1 Å². The predicted octanol–water partition coefficient (Wildman–Crippen LogP) is 3.09. The van der Waals surface area contributed by atoms with E-state index in [4.69, 9.17) is 0 Å². The standard InChI is InChI=1S/C14H15NO3/c1-14(2,3)12(16)11-10(13(17)18)8-6-4-5-7-9(8)15-11/h4-7,15H,1-3H3,(H,17,18). The van der Waals surface area contributed by atoms with E-state index in [-0.39, 0.29) is 17.0 Å². The van der Waals surface area contributed by atoms with Gasteiger partial charge in [0.15, 0.2) is 5.78 Å². The first kappa shape index (κ1) is 12.4. The van der Waals surface area contributed by atoms with Gasteiger partial charge in [-0.05, 0) is 6.07 Å². The molecule has 0 saturated carbocycles. The molecule has 18 heavy (non-hydrogen) atoms. The number of H-pyrrole nitrogens is 1. The summed E-state index contributed by atoms with van der Waals surface area (Å²) in [6, 6.07) is 7.03.